The van der Waals surface area contributed by atoms with Crippen molar-refractivity contribution in [1.82, 2.24) is 15.3 Å². The highest BCUT2D eigenvalue weighted by Crippen LogP contribution is 2.33. The number of nitrogens with one attached hydrogen (secondary N) is 1. The Balaban J connectivity index is 1.52. The Labute approximate surface area is 187 Å². The molecule has 0 aliphatic carbocycles. The predicted molar refractivity (Wildman–Crippen MR) is 119 cm³/mol. The van der Waals surface area contributed by atoms with Crippen LogP contribution in [-0.4, -0.2) is 54.6 Å². The van der Waals surface area contributed by atoms with Gasteiger partial charge in [0.05, 0.1) is 17.3 Å². The van der Waals surface area contributed by atoms with Gasteiger partial charge in [-0.05, 0) is 30.9 Å². The van der Waals surface area contributed by atoms with Gasteiger partial charge in [-0.15, -0.1) is 0 Å². The minimum absolute atomic E-state index is 0.0132. The van der Waals surface area contributed by atoms with Crippen LogP contribution in [0.3, 0.4) is 0 Å². The van der Waals surface area contributed by atoms with Gasteiger partial charge in [0.15, 0.2) is 0 Å². The lowest BCUT2D eigenvalue weighted by molar-refractivity contribution is -0.120. The van der Waals surface area contributed by atoms with Crippen LogP contribution in [0.4, 0.5) is 11.5 Å². The molecule has 0 radical (unpaired) electrons. The molecular formula is C23H26N6O3. The average molecular weight is 435 g/mol. The lowest BCUT2D eigenvalue weighted by Gasteiger charge is -2.23. The smallest absolute Gasteiger partial charge is 0.289 e. The van der Waals surface area contributed by atoms with Gasteiger partial charge >= 0.3 is 0 Å². The molecule has 2 aromatic rings. The van der Waals surface area contributed by atoms with Gasteiger partial charge in [-0.25, -0.2) is 9.97 Å². The molecule has 2 aliphatic heterocycles. The number of likely N-dealkylation sites (N-methyl/N-ethyl adjacent to an activating group) is 1. The summed E-state index contributed by atoms with van der Waals surface area (Å²) < 4.78 is 5.75. The van der Waals surface area contributed by atoms with Crippen LogP contribution in [-0.2, 0) is 4.79 Å². The maximum atomic E-state index is 12.9. The molecule has 1 saturated heterocycles. The summed E-state index contributed by atoms with van der Waals surface area (Å²) in [6.07, 6.45) is 2.69. The third-order valence-electron chi connectivity index (χ3n) is 5.91. The van der Waals surface area contributed by atoms with Crippen LogP contribution in [0.2, 0.25) is 0 Å². The van der Waals surface area contributed by atoms with E-state index in [1.807, 2.05) is 6.92 Å². The van der Waals surface area contributed by atoms with Gasteiger partial charge in [0, 0.05) is 38.0 Å². The monoisotopic (exact) mass is 434 g/mol. The van der Waals surface area contributed by atoms with E-state index in [1.54, 1.807) is 31.4 Å². The highest BCUT2D eigenvalue weighted by atomic mass is 16.5. The topological polar surface area (TPSA) is 111 Å². The molecule has 3 heterocycles. The summed E-state index contributed by atoms with van der Waals surface area (Å²) in [5, 5.41) is 11.8. The van der Waals surface area contributed by atoms with E-state index >= 15 is 0 Å². The summed E-state index contributed by atoms with van der Waals surface area (Å²) in [5.41, 5.74) is 2.06. The van der Waals surface area contributed by atoms with E-state index in [2.05, 4.69) is 40.1 Å². The van der Waals surface area contributed by atoms with Gasteiger partial charge in [-0.3, -0.25) is 9.59 Å². The number of nitrogens with zero attached hydrogens (tertiary/aromatic N) is 5. The van der Waals surface area contributed by atoms with Crippen LogP contribution in [0.15, 0.2) is 24.4 Å². The Morgan fingerprint density at radius 3 is 2.84 bits per heavy atom. The van der Waals surface area contributed by atoms with Gasteiger partial charge < -0.3 is 19.9 Å². The number of nitriles is 1. The van der Waals surface area contributed by atoms with Crippen LogP contribution in [0.25, 0.3) is 0 Å². The van der Waals surface area contributed by atoms with E-state index in [9.17, 15) is 9.59 Å². The number of hydrogen-bond donors (Lipinski definition) is 1. The SMILES string of the molecule is Cc1cnc(C(=O)N[C@H]2COc3cc(C#N)ccc3N(C)C2=O)nc1N1CCC(C)(C)C1. The second kappa shape index (κ2) is 8.11. The Morgan fingerprint density at radius 2 is 2.16 bits per heavy atom. The Bertz CT molecular complexity index is 1120. The van der Waals surface area contributed by atoms with Crippen molar-refractivity contribution in [1.29, 1.82) is 5.26 Å². The highest BCUT2D eigenvalue weighted by molar-refractivity contribution is 6.02. The molecule has 1 aromatic heterocycles. The van der Waals surface area contributed by atoms with E-state index in [0.717, 1.165) is 30.9 Å². The van der Waals surface area contributed by atoms with Crippen LogP contribution in [0.1, 0.15) is 42.0 Å². The van der Waals surface area contributed by atoms with E-state index in [1.165, 1.54) is 4.90 Å². The minimum Gasteiger partial charge on any atom is -0.489 e. The largest absolute Gasteiger partial charge is 0.489 e. The normalized spacial score (nSPS) is 19.6. The molecule has 0 spiro atoms. The Kier molecular flexibility index (Phi) is 5.46. The molecular weight excluding hydrogens is 408 g/mol. The fourth-order valence-electron chi connectivity index (χ4n) is 4.06. The highest BCUT2D eigenvalue weighted by Gasteiger charge is 2.33. The molecule has 2 amide bonds. The summed E-state index contributed by atoms with van der Waals surface area (Å²) in [4.78, 5) is 38.2. The standard InChI is InChI=1S/C23H26N6O3/c1-14-11-25-19(27-20(14)29-8-7-23(2,3)13-29)21(30)26-16-12-32-18-9-15(10-24)5-6-17(18)28(4)22(16)31/h5-6,9,11,16H,7-8,12-13H2,1-4H3,(H,26,30)/t16-/m0/s1. The fraction of sp³-hybridized carbons (Fsp3) is 0.435. The fourth-order valence-corrected chi connectivity index (χ4v) is 4.06. The van der Waals surface area contributed by atoms with Crippen molar-refractivity contribution in [2.75, 3.05) is 36.5 Å². The number of rotatable bonds is 3. The van der Waals surface area contributed by atoms with Crippen molar-refractivity contribution in [3.05, 3.63) is 41.3 Å². The number of carbonyl (C=O) groups is 2. The molecule has 1 aromatic carbocycles. The summed E-state index contributed by atoms with van der Waals surface area (Å²) in [5.74, 6) is 0.313. The van der Waals surface area contributed by atoms with Gasteiger partial charge in [0.25, 0.3) is 11.8 Å². The quantitative estimate of drug-likeness (QED) is 0.787. The molecule has 0 saturated carbocycles. The number of carbonyl (C=O) groups excluding carboxylic acids is 2. The maximum Gasteiger partial charge on any atom is 0.289 e. The zero-order chi connectivity index (χ0) is 23.0. The van der Waals surface area contributed by atoms with Gasteiger partial charge in [-0.2, -0.15) is 5.26 Å². The van der Waals surface area contributed by atoms with Crippen molar-refractivity contribution in [2.45, 2.75) is 33.2 Å². The molecule has 1 fully saturated rings. The van der Waals surface area contributed by atoms with Gasteiger partial charge in [0.2, 0.25) is 5.82 Å². The summed E-state index contributed by atoms with van der Waals surface area (Å²) in [7, 11) is 1.61. The van der Waals surface area contributed by atoms with Crippen LogP contribution < -0.4 is 19.9 Å². The number of benzene rings is 1. The van der Waals surface area contributed by atoms with Crippen LogP contribution in [0.5, 0.6) is 5.75 Å². The molecule has 1 atom stereocenters. The maximum absolute atomic E-state index is 12.9. The molecule has 9 nitrogen and oxygen atoms in total. The first kappa shape index (κ1) is 21.6. The zero-order valence-electron chi connectivity index (χ0n) is 18.7. The molecule has 0 unspecified atom stereocenters. The number of hydrogen-bond acceptors (Lipinski definition) is 7. The molecule has 1 N–H and O–H groups in total. The van der Waals surface area contributed by atoms with Crippen molar-refractivity contribution < 1.29 is 14.3 Å². The van der Waals surface area contributed by atoms with Gasteiger partial charge in [-0.1, -0.05) is 13.8 Å². The number of aryl methyl sites for hydroxylation is 1. The average Bonchev–Trinajstić information content (AvgIpc) is 3.09. The number of amides is 2. The Hall–Kier alpha value is -3.67. The zero-order valence-corrected chi connectivity index (χ0v) is 18.7. The molecule has 0 bridgehead atoms. The van der Waals surface area contributed by atoms with E-state index in [0.29, 0.717) is 17.0 Å². The van der Waals surface area contributed by atoms with Crippen molar-refractivity contribution in [3.8, 4) is 11.8 Å². The third kappa shape index (κ3) is 4.08. The molecule has 9 heteroatoms. The van der Waals surface area contributed by atoms with Crippen LogP contribution >= 0.6 is 0 Å². The predicted octanol–water partition coefficient (Wildman–Crippen LogP) is 2.05. The number of anilines is 2. The van der Waals surface area contributed by atoms with Crippen molar-refractivity contribution >= 4 is 23.3 Å². The Morgan fingerprint density at radius 1 is 1.38 bits per heavy atom. The van der Waals surface area contributed by atoms with E-state index in [-0.39, 0.29) is 23.8 Å². The van der Waals surface area contributed by atoms with Crippen LogP contribution in [0, 0.1) is 23.7 Å². The molecule has 4 rings (SSSR count). The molecule has 166 valence electrons. The van der Waals surface area contributed by atoms with Crippen molar-refractivity contribution in [2.24, 2.45) is 5.41 Å². The first-order valence-corrected chi connectivity index (χ1v) is 10.5. The second-order valence-electron chi connectivity index (χ2n) is 9.06. The lowest BCUT2D eigenvalue weighted by Crippen LogP contribution is -2.49. The number of fused-ring (bicyclic) bond motifs is 1. The van der Waals surface area contributed by atoms with E-state index in [4.69, 9.17) is 10.00 Å². The molecule has 2 aliphatic rings. The van der Waals surface area contributed by atoms with E-state index < -0.39 is 11.9 Å². The minimum atomic E-state index is -0.912. The third-order valence-corrected chi connectivity index (χ3v) is 5.91. The van der Waals surface area contributed by atoms with Gasteiger partial charge in [0.1, 0.15) is 24.2 Å². The first-order valence-electron chi connectivity index (χ1n) is 10.5. The first-order chi connectivity index (χ1) is 15.2. The van der Waals surface area contributed by atoms with Crippen molar-refractivity contribution in [3.63, 3.8) is 0 Å². The number of ether oxygens (including phenoxy) is 1. The molecule has 32 heavy (non-hydrogen) atoms. The lowest BCUT2D eigenvalue weighted by atomic mass is 9.93. The summed E-state index contributed by atoms with van der Waals surface area (Å²) >= 11 is 0. The summed E-state index contributed by atoms with van der Waals surface area (Å²) in [6.45, 7) is 8.01. The summed E-state index contributed by atoms with van der Waals surface area (Å²) in [6, 6.07) is 5.99. The second-order valence-corrected chi connectivity index (χ2v) is 9.06. The number of aromatic nitrogens is 2.